The molecule has 1 aliphatic carbocycles. The van der Waals surface area contributed by atoms with Crippen LogP contribution in [0.25, 0.3) is 0 Å². The zero-order valence-electron chi connectivity index (χ0n) is 10.6. The number of nitrogens with zero attached hydrogens (tertiary/aromatic N) is 1. The SMILES string of the molecule is COc1cc(C#N)ccc1NC(C)C1(C)CC1. The Morgan fingerprint density at radius 2 is 2.18 bits per heavy atom. The fourth-order valence-corrected chi connectivity index (χ4v) is 1.92. The molecular formula is C14H18N2O. The Kier molecular flexibility index (Phi) is 2.97. The zero-order chi connectivity index (χ0) is 12.5. The van der Waals surface area contributed by atoms with Gasteiger partial charge in [0.1, 0.15) is 5.75 Å². The highest BCUT2D eigenvalue weighted by molar-refractivity contribution is 5.60. The number of methoxy groups -OCH3 is 1. The van der Waals surface area contributed by atoms with Crippen LogP contribution in [0.1, 0.15) is 32.3 Å². The molecule has 0 saturated heterocycles. The average molecular weight is 230 g/mol. The lowest BCUT2D eigenvalue weighted by molar-refractivity contribution is 0.413. The Hall–Kier alpha value is -1.69. The van der Waals surface area contributed by atoms with Gasteiger partial charge >= 0.3 is 0 Å². The van der Waals surface area contributed by atoms with Crippen LogP contribution in [0.4, 0.5) is 5.69 Å². The van der Waals surface area contributed by atoms with Crippen LogP contribution in [-0.2, 0) is 0 Å². The van der Waals surface area contributed by atoms with Crippen LogP contribution >= 0.6 is 0 Å². The summed E-state index contributed by atoms with van der Waals surface area (Å²) in [6.45, 7) is 4.49. The minimum absolute atomic E-state index is 0.416. The summed E-state index contributed by atoms with van der Waals surface area (Å²) in [5, 5.41) is 12.3. The molecule has 17 heavy (non-hydrogen) atoms. The lowest BCUT2D eigenvalue weighted by Gasteiger charge is -2.23. The second kappa shape index (κ2) is 4.29. The third-order valence-electron chi connectivity index (χ3n) is 3.79. The van der Waals surface area contributed by atoms with Crippen molar-refractivity contribution in [1.82, 2.24) is 0 Å². The predicted molar refractivity (Wildman–Crippen MR) is 68.1 cm³/mol. The molecule has 1 aromatic rings. The number of nitrogens with one attached hydrogen (secondary N) is 1. The number of nitriles is 1. The molecule has 1 aromatic carbocycles. The number of ether oxygens (including phenoxy) is 1. The van der Waals surface area contributed by atoms with E-state index in [-0.39, 0.29) is 0 Å². The molecule has 0 heterocycles. The van der Waals surface area contributed by atoms with Gasteiger partial charge < -0.3 is 10.1 Å². The maximum atomic E-state index is 8.84. The van der Waals surface area contributed by atoms with Crippen LogP contribution in [0.3, 0.4) is 0 Å². The number of anilines is 1. The lowest BCUT2D eigenvalue weighted by atomic mass is 10.0. The molecule has 2 rings (SSSR count). The third-order valence-corrected chi connectivity index (χ3v) is 3.79. The van der Waals surface area contributed by atoms with Crippen LogP contribution in [0.15, 0.2) is 18.2 Å². The maximum Gasteiger partial charge on any atom is 0.143 e. The molecule has 0 radical (unpaired) electrons. The second-order valence-electron chi connectivity index (χ2n) is 5.05. The van der Waals surface area contributed by atoms with Gasteiger partial charge in [0.2, 0.25) is 0 Å². The second-order valence-corrected chi connectivity index (χ2v) is 5.05. The van der Waals surface area contributed by atoms with E-state index < -0.39 is 0 Å². The van der Waals surface area contributed by atoms with E-state index in [0.717, 1.165) is 11.4 Å². The molecule has 3 nitrogen and oxygen atoms in total. The predicted octanol–water partition coefficient (Wildman–Crippen LogP) is 3.17. The van der Waals surface area contributed by atoms with Crippen molar-refractivity contribution >= 4 is 5.69 Å². The smallest absolute Gasteiger partial charge is 0.143 e. The molecule has 1 fully saturated rings. The van der Waals surface area contributed by atoms with Gasteiger partial charge in [0.05, 0.1) is 24.4 Å². The largest absolute Gasteiger partial charge is 0.495 e. The van der Waals surface area contributed by atoms with E-state index in [1.807, 2.05) is 12.1 Å². The summed E-state index contributed by atoms with van der Waals surface area (Å²) < 4.78 is 5.31. The van der Waals surface area contributed by atoms with Crippen molar-refractivity contribution in [3.63, 3.8) is 0 Å². The van der Waals surface area contributed by atoms with E-state index in [1.54, 1.807) is 13.2 Å². The van der Waals surface area contributed by atoms with Crippen LogP contribution in [-0.4, -0.2) is 13.2 Å². The van der Waals surface area contributed by atoms with Crippen molar-refractivity contribution in [3.8, 4) is 11.8 Å². The van der Waals surface area contributed by atoms with Gasteiger partial charge in [-0.25, -0.2) is 0 Å². The van der Waals surface area contributed by atoms with Gasteiger partial charge in [-0.05, 0) is 37.3 Å². The Bertz CT molecular complexity index is 458. The van der Waals surface area contributed by atoms with E-state index in [4.69, 9.17) is 10.00 Å². The van der Waals surface area contributed by atoms with Gasteiger partial charge in [0.25, 0.3) is 0 Å². The highest BCUT2D eigenvalue weighted by atomic mass is 16.5. The van der Waals surface area contributed by atoms with Crippen LogP contribution in [0.2, 0.25) is 0 Å². The van der Waals surface area contributed by atoms with Crippen molar-refractivity contribution < 1.29 is 4.74 Å². The quantitative estimate of drug-likeness (QED) is 0.864. The third kappa shape index (κ3) is 2.36. The molecule has 1 unspecified atom stereocenters. The Labute approximate surface area is 102 Å². The minimum atomic E-state index is 0.416. The van der Waals surface area contributed by atoms with E-state index in [1.165, 1.54) is 12.8 Å². The molecule has 1 N–H and O–H groups in total. The zero-order valence-corrected chi connectivity index (χ0v) is 10.6. The van der Waals surface area contributed by atoms with E-state index in [2.05, 4.69) is 25.2 Å². The van der Waals surface area contributed by atoms with E-state index in [0.29, 0.717) is 17.0 Å². The Morgan fingerprint density at radius 3 is 2.71 bits per heavy atom. The molecule has 0 amide bonds. The van der Waals surface area contributed by atoms with Gasteiger partial charge in [-0.3, -0.25) is 0 Å². The maximum absolute atomic E-state index is 8.84. The Balaban J connectivity index is 2.18. The standard InChI is InChI=1S/C14H18N2O/c1-10(14(2)6-7-14)16-12-5-4-11(9-15)8-13(12)17-3/h4-5,8,10,16H,6-7H2,1-3H3. The van der Waals surface area contributed by atoms with Gasteiger partial charge in [0, 0.05) is 12.1 Å². The first-order valence-electron chi connectivity index (χ1n) is 5.94. The summed E-state index contributed by atoms with van der Waals surface area (Å²) in [5.41, 5.74) is 2.00. The summed E-state index contributed by atoms with van der Waals surface area (Å²) in [6, 6.07) is 8.03. The highest BCUT2D eigenvalue weighted by Crippen LogP contribution is 2.49. The molecular weight excluding hydrogens is 212 g/mol. The average Bonchev–Trinajstić information content (AvgIpc) is 3.09. The Morgan fingerprint density at radius 1 is 1.47 bits per heavy atom. The molecule has 0 spiro atoms. The molecule has 0 aromatic heterocycles. The summed E-state index contributed by atoms with van der Waals surface area (Å²) >= 11 is 0. The van der Waals surface area contributed by atoms with Gasteiger partial charge in [-0.15, -0.1) is 0 Å². The first-order chi connectivity index (χ1) is 8.09. The molecule has 3 heteroatoms. The number of hydrogen-bond donors (Lipinski definition) is 1. The van der Waals surface area contributed by atoms with Crippen molar-refractivity contribution in [2.24, 2.45) is 5.41 Å². The van der Waals surface area contributed by atoms with Crippen molar-refractivity contribution in [2.45, 2.75) is 32.7 Å². The number of rotatable bonds is 4. The fraction of sp³-hybridized carbons (Fsp3) is 0.500. The van der Waals surface area contributed by atoms with Crippen molar-refractivity contribution in [3.05, 3.63) is 23.8 Å². The van der Waals surface area contributed by atoms with Crippen LogP contribution < -0.4 is 10.1 Å². The van der Waals surface area contributed by atoms with E-state index in [9.17, 15) is 0 Å². The lowest BCUT2D eigenvalue weighted by Crippen LogP contribution is -2.25. The highest BCUT2D eigenvalue weighted by Gasteiger charge is 2.42. The molecule has 1 atom stereocenters. The summed E-state index contributed by atoms with van der Waals surface area (Å²) in [4.78, 5) is 0. The molecule has 1 aliphatic rings. The summed E-state index contributed by atoms with van der Waals surface area (Å²) in [6.07, 6.45) is 2.56. The van der Waals surface area contributed by atoms with Crippen LogP contribution in [0, 0.1) is 16.7 Å². The molecule has 90 valence electrons. The van der Waals surface area contributed by atoms with E-state index >= 15 is 0 Å². The first-order valence-corrected chi connectivity index (χ1v) is 5.94. The molecule has 0 aliphatic heterocycles. The van der Waals surface area contributed by atoms with Crippen molar-refractivity contribution in [1.29, 1.82) is 5.26 Å². The fourth-order valence-electron chi connectivity index (χ4n) is 1.92. The normalized spacial score (nSPS) is 18.0. The molecule has 0 bridgehead atoms. The van der Waals surface area contributed by atoms with Gasteiger partial charge in [-0.2, -0.15) is 5.26 Å². The van der Waals surface area contributed by atoms with Gasteiger partial charge in [0.15, 0.2) is 0 Å². The minimum Gasteiger partial charge on any atom is -0.495 e. The first kappa shape index (κ1) is 11.8. The monoisotopic (exact) mass is 230 g/mol. The summed E-state index contributed by atoms with van der Waals surface area (Å²) in [5.74, 6) is 0.736. The summed E-state index contributed by atoms with van der Waals surface area (Å²) in [7, 11) is 1.63. The topological polar surface area (TPSA) is 45.0 Å². The van der Waals surface area contributed by atoms with Gasteiger partial charge in [-0.1, -0.05) is 6.92 Å². The number of hydrogen-bond acceptors (Lipinski definition) is 3. The van der Waals surface area contributed by atoms with Crippen molar-refractivity contribution in [2.75, 3.05) is 12.4 Å². The molecule has 1 saturated carbocycles. The number of benzene rings is 1. The van der Waals surface area contributed by atoms with Crippen LogP contribution in [0.5, 0.6) is 5.75 Å².